The molecule has 0 radical (unpaired) electrons. The minimum Gasteiger partial charge on any atom is -0.356 e. The number of hydrogen-bond acceptors (Lipinski definition) is 3. The number of aryl methyl sites for hydroxylation is 2. The molecule has 0 aliphatic carbocycles. The van der Waals surface area contributed by atoms with Gasteiger partial charge < -0.3 is 9.84 Å². The lowest BCUT2D eigenvalue weighted by Crippen LogP contribution is -2.27. The summed E-state index contributed by atoms with van der Waals surface area (Å²) in [5, 5.41) is 7.91. The van der Waals surface area contributed by atoms with E-state index in [0.717, 1.165) is 23.0 Å². The Kier molecular flexibility index (Phi) is 4.42. The number of nitrogens with one attached hydrogen (secondary N) is 1. The SMILES string of the molecule is Cc1cc2onc(CC(=O)NCCc3ccccc3)c2cc1C. The molecule has 0 bridgehead atoms. The van der Waals surface area contributed by atoms with Crippen LogP contribution in [0.1, 0.15) is 22.4 Å². The fourth-order valence-electron chi connectivity index (χ4n) is 2.58. The van der Waals surface area contributed by atoms with Crippen LogP contribution in [0.3, 0.4) is 0 Å². The molecule has 3 rings (SSSR count). The zero-order chi connectivity index (χ0) is 16.2. The minimum atomic E-state index is -0.0330. The summed E-state index contributed by atoms with van der Waals surface area (Å²) in [7, 11) is 0. The first-order valence-corrected chi connectivity index (χ1v) is 7.79. The van der Waals surface area contributed by atoms with Gasteiger partial charge in [0.25, 0.3) is 0 Å². The fraction of sp³-hybridized carbons (Fsp3) is 0.263. The van der Waals surface area contributed by atoms with Gasteiger partial charge in [0.2, 0.25) is 5.91 Å². The molecular formula is C19H20N2O2. The molecule has 2 aromatic carbocycles. The number of benzene rings is 2. The van der Waals surface area contributed by atoms with Crippen molar-refractivity contribution in [2.45, 2.75) is 26.7 Å². The molecule has 0 atom stereocenters. The number of aromatic nitrogens is 1. The number of carbonyl (C=O) groups is 1. The maximum absolute atomic E-state index is 12.1. The Morgan fingerprint density at radius 2 is 1.87 bits per heavy atom. The smallest absolute Gasteiger partial charge is 0.226 e. The third-order valence-electron chi connectivity index (χ3n) is 4.07. The molecule has 0 unspecified atom stereocenters. The highest BCUT2D eigenvalue weighted by molar-refractivity contribution is 5.87. The molecule has 1 N–H and O–H groups in total. The van der Waals surface area contributed by atoms with Gasteiger partial charge in [0.05, 0.1) is 6.42 Å². The predicted octanol–water partition coefficient (Wildman–Crippen LogP) is 3.35. The van der Waals surface area contributed by atoms with Crippen LogP contribution in [0.5, 0.6) is 0 Å². The molecular weight excluding hydrogens is 288 g/mol. The van der Waals surface area contributed by atoms with E-state index in [1.165, 1.54) is 11.1 Å². The van der Waals surface area contributed by atoms with Crippen molar-refractivity contribution in [3.63, 3.8) is 0 Å². The van der Waals surface area contributed by atoms with Crippen molar-refractivity contribution in [1.82, 2.24) is 10.5 Å². The van der Waals surface area contributed by atoms with Crippen molar-refractivity contribution in [3.05, 3.63) is 64.8 Å². The zero-order valence-corrected chi connectivity index (χ0v) is 13.4. The van der Waals surface area contributed by atoms with Gasteiger partial charge in [-0.1, -0.05) is 35.5 Å². The van der Waals surface area contributed by atoms with Crippen LogP contribution in [0, 0.1) is 13.8 Å². The van der Waals surface area contributed by atoms with Gasteiger partial charge in [-0.3, -0.25) is 4.79 Å². The third-order valence-corrected chi connectivity index (χ3v) is 4.07. The Labute approximate surface area is 135 Å². The molecule has 1 amide bonds. The van der Waals surface area contributed by atoms with E-state index in [4.69, 9.17) is 4.52 Å². The maximum Gasteiger partial charge on any atom is 0.226 e. The van der Waals surface area contributed by atoms with Crippen LogP contribution >= 0.6 is 0 Å². The van der Waals surface area contributed by atoms with Crippen LogP contribution in [0.25, 0.3) is 11.0 Å². The average molecular weight is 308 g/mol. The first-order chi connectivity index (χ1) is 11.1. The molecule has 1 aromatic heterocycles. The Bertz CT molecular complexity index is 822. The van der Waals surface area contributed by atoms with E-state index < -0.39 is 0 Å². The minimum absolute atomic E-state index is 0.0330. The molecule has 0 saturated heterocycles. The van der Waals surface area contributed by atoms with Gasteiger partial charge in [0, 0.05) is 11.9 Å². The lowest BCUT2D eigenvalue weighted by molar-refractivity contribution is -0.120. The number of hydrogen-bond donors (Lipinski definition) is 1. The molecule has 4 nitrogen and oxygen atoms in total. The number of amides is 1. The summed E-state index contributed by atoms with van der Waals surface area (Å²) in [4.78, 5) is 12.1. The van der Waals surface area contributed by atoms with Gasteiger partial charge in [-0.15, -0.1) is 0 Å². The summed E-state index contributed by atoms with van der Waals surface area (Å²) in [5.74, 6) is -0.0330. The van der Waals surface area contributed by atoms with Crippen molar-refractivity contribution in [2.75, 3.05) is 6.54 Å². The number of nitrogens with zero attached hydrogens (tertiary/aromatic N) is 1. The highest BCUT2D eigenvalue weighted by Gasteiger charge is 2.13. The van der Waals surface area contributed by atoms with Crippen LogP contribution in [-0.2, 0) is 17.6 Å². The molecule has 0 fully saturated rings. The van der Waals surface area contributed by atoms with Gasteiger partial charge in [-0.25, -0.2) is 0 Å². The maximum atomic E-state index is 12.1. The highest BCUT2D eigenvalue weighted by Crippen LogP contribution is 2.22. The highest BCUT2D eigenvalue weighted by atomic mass is 16.5. The second-order valence-corrected chi connectivity index (χ2v) is 5.82. The van der Waals surface area contributed by atoms with Crippen LogP contribution in [-0.4, -0.2) is 17.6 Å². The molecule has 0 aliphatic heterocycles. The van der Waals surface area contributed by atoms with E-state index in [2.05, 4.69) is 22.6 Å². The topological polar surface area (TPSA) is 55.1 Å². The number of fused-ring (bicyclic) bond motifs is 1. The number of carbonyl (C=O) groups excluding carboxylic acids is 1. The van der Waals surface area contributed by atoms with Crippen molar-refractivity contribution in [3.8, 4) is 0 Å². The summed E-state index contributed by atoms with van der Waals surface area (Å²) in [6, 6.07) is 14.1. The van der Waals surface area contributed by atoms with Crippen LogP contribution in [0.2, 0.25) is 0 Å². The Hall–Kier alpha value is -2.62. The molecule has 1 heterocycles. The van der Waals surface area contributed by atoms with Gasteiger partial charge in [-0.05, 0) is 49.1 Å². The van der Waals surface area contributed by atoms with Crippen molar-refractivity contribution < 1.29 is 9.32 Å². The van der Waals surface area contributed by atoms with Gasteiger partial charge in [0.1, 0.15) is 5.69 Å². The van der Waals surface area contributed by atoms with E-state index in [-0.39, 0.29) is 12.3 Å². The van der Waals surface area contributed by atoms with Gasteiger partial charge >= 0.3 is 0 Å². The second-order valence-electron chi connectivity index (χ2n) is 5.82. The Morgan fingerprint density at radius 3 is 2.65 bits per heavy atom. The normalized spacial score (nSPS) is 10.9. The van der Waals surface area contributed by atoms with Crippen molar-refractivity contribution in [2.24, 2.45) is 0 Å². The third kappa shape index (κ3) is 3.59. The van der Waals surface area contributed by atoms with E-state index in [0.29, 0.717) is 12.2 Å². The first kappa shape index (κ1) is 15.3. The van der Waals surface area contributed by atoms with E-state index in [1.54, 1.807) is 0 Å². The molecule has 4 heteroatoms. The zero-order valence-electron chi connectivity index (χ0n) is 13.4. The summed E-state index contributed by atoms with van der Waals surface area (Å²) >= 11 is 0. The van der Waals surface area contributed by atoms with Gasteiger partial charge in [-0.2, -0.15) is 0 Å². The lowest BCUT2D eigenvalue weighted by Gasteiger charge is -2.04. The van der Waals surface area contributed by atoms with Crippen molar-refractivity contribution >= 4 is 16.9 Å². The molecule has 0 saturated carbocycles. The fourth-order valence-corrected chi connectivity index (χ4v) is 2.58. The summed E-state index contributed by atoms with van der Waals surface area (Å²) in [6.07, 6.45) is 1.06. The second kappa shape index (κ2) is 6.65. The van der Waals surface area contributed by atoms with E-state index in [1.807, 2.05) is 44.2 Å². The monoisotopic (exact) mass is 308 g/mol. The Morgan fingerprint density at radius 1 is 1.13 bits per heavy atom. The standard InChI is InChI=1S/C19H20N2O2/c1-13-10-16-17(21-23-18(16)11-14(13)2)12-19(22)20-9-8-15-6-4-3-5-7-15/h3-7,10-11H,8-9,12H2,1-2H3,(H,20,22). The largest absolute Gasteiger partial charge is 0.356 e. The average Bonchev–Trinajstić information content (AvgIpc) is 2.91. The van der Waals surface area contributed by atoms with Crippen LogP contribution < -0.4 is 5.32 Å². The molecule has 23 heavy (non-hydrogen) atoms. The first-order valence-electron chi connectivity index (χ1n) is 7.79. The summed E-state index contributed by atoms with van der Waals surface area (Å²) < 4.78 is 5.33. The van der Waals surface area contributed by atoms with Crippen LogP contribution in [0.15, 0.2) is 47.0 Å². The van der Waals surface area contributed by atoms with Crippen molar-refractivity contribution in [1.29, 1.82) is 0 Å². The lowest BCUT2D eigenvalue weighted by atomic mass is 10.1. The van der Waals surface area contributed by atoms with E-state index >= 15 is 0 Å². The van der Waals surface area contributed by atoms with Gasteiger partial charge in [0.15, 0.2) is 5.58 Å². The molecule has 3 aromatic rings. The molecule has 118 valence electrons. The van der Waals surface area contributed by atoms with Crippen LogP contribution in [0.4, 0.5) is 0 Å². The predicted molar refractivity (Wildman–Crippen MR) is 90.3 cm³/mol. The van der Waals surface area contributed by atoms with E-state index in [9.17, 15) is 4.79 Å². The molecule has 0 spiro atoms. The quantitative estimate of drug-likeness (QED) is 0.786. The molecule has 0 aliphatic rings. The summed E-state index contributed by atoms with van der Waals surface area (Å²) in [5.41, 5.74) is 4.98. The Balaban J connectivity index is 1.61. The summed E-state index contributed by atoms with van der Waals surface area (Å²) in [6.45, 7) is 4.70. The number of rotatable bonds is 5.